The summed E-state index contributed by atoms with van der Waals surface area (Å²) in [6.45, 7) is 0. The minimum Gasteiger partial charge on any atom is -0.387 e. The molecule has 1 atom stereocenters. The number of benzene rings is 1. The molecule has 0 radical (unpaired) electrons. The minimum atomic E-state index is -0.597. The Morgan fingerprint density at radius 2 is 2.22 bits per heavy atom. The zero-order chi connectivity index (χ0) is 12.5. The second kappa shape index (κ2) is 4.47. The molecule has 2 aromatic heterocycles. The molecule has 92 valence electrons. The minimum absolute atomic E-state index is 0.467. The number of aliphatic hydroxyl groups is 1. The van der Waals surface area contributed by atoms with Gasteiger partial charge in [-0.05, 0) is 23.7 Å². The maximum atomic E-state index is 10.1. The lowest BCUT2D eigenvalue weighted by molar-refractivity contribution is 0.178. The highest BCUT2D eigenvalue weighted by atomic mass is 32.1. The molecule has 2 heterocycles. The smallest absolute Gasteiger partial charge is 0.112 e. The summed E-state index contributed by atoms with van der Waals surface area (Å²) in [5.41, 5.74) is 2.02. The van der Waals surface area contributed by atoms with Crippen molar-refractivity contribution in [3.8, 4) is 0 Å². The molecule has 3 aromatic rings. The fraction of sp³-hybridized carbons (Fsp3) is 0.250. The van der Waals surface area contributed by atoms with Gasteiger partial charge in [0.05, 0.1) is 28.2 Å². The highest BCUT2D eigenvalue weighted by Crippen LogP contribution is 2.22. The standard InChI is InChI=1S/C12H12N4OS/c1-16-9-5-3-2-4-8(9)14-12(16)6-10(17)11-7-13-15-18-11/h2-5,7,10,17H,6H2,1H3. The van der Waals surface area contributed by atoms with Gasteiger partial charge in [-0.2, -0.15) is 0 Å². The first-order chi connectivity index (χ1) is 8.75. The Morgan fingerprint density at radius 1 is 1.39 bits per heavy atom. The van der Waals surface area contributed by atoms with E-state index in [-0.39, 0.29) is 0 Å². The SMILES string of the molecule is Cn1c(CC(O)c2cnns2)nc2ccccc21. The number of aliphatic hydroxyl groups excluding tert-OH is 1. The number of nitrogens with zero attached hydrogens (tertiary/aromatic N) is 4. The Hall–Kier alpha value is -1.79. The number of fused-ring (bicyclic) bond motifs is 1. The second-order valence-electron chi connectivity index (χ2n) is 4.12. The number of imidazole rings is 1. The van der Waals surface area contributed by atoms with Gasteiger partial charge in [0.25, 0.3) is 0 Å². The first-order valence-corrected chi connectivity index (χ1v) is 6.38. The molecule has 5 nitrogen and oxygen atoms in total. The molecule has 0 aliphatic heterocycles. The summed E-state index contributed by atoms with van der Waals surface area (Å²) in [4.78, 5) is 5.29. The third-order valence-corrected chi connectivity index (χ3v) is 3.73. The number of rotatable bonds is 3. The highest BCUT2D eigenvalue weighted by molar-refractivity contribution is 7.05. The molecule has 1 aromatic carbocycles. The van der Waals surface area contributed by atoms with Crippen LogP contribution in [0.1, 0.15) is 16.8 Å². The maximum Gasteiger partial charge on any atom is 0.112 e. The normalized spacial score (nSPS) is 13.0. The van der Waals surface area contributed by atoms with Crippen molar-refractivity contribution in [2.24, 2.45) is 7.05 Å². The van der Waals surface area contributed by atoms with Gasteiger partial charge in [-0.15, -0.1) is 5.10 Å². The Morgan fingerprint density at radius 3 is 2.94 bits per heavy atom. The van der Waals surface area contributed by atoms with Crippen molar-refractivity contribution in [3.05, 3.63) is 41.2 Å². The number of hydrogen-bond acceptors (Lipinski definition) is 5. The summed E-state index contributed by atoms with van der Waals surface area (Å²) < 4.78 is 5.76. The van der Waals surface area contributed by atoms with Crippen LogP contribution in [0.25, 0.3) is 11.0 Å². The third-order valence-electron chi connectivity index (χ3n) is 2.96. The average molecular weight is 260 g/mol. The molecule has 0 saturated heterocycles. The molecule has 1 unspecified atom stereocenters. The van der Waals surface area contributed by atoms with Crippen molar-refractivity contribution in [2.45, 2.75) is 12.5 Å². The van der Waals surface area contributed by atoms with Crippen LogP contribution in [-0.2, 0) is 13.5 Å². The van der Waals surface area contributed by atoms with Crippen LogP contribution in [0.5, 0.6) is 0 Å². The Kier molecular flexibility index (Phi) is 2.81. The van der Waals surface area contributed by atoms with E-state index in [1.807, 2.05) is 35.9 Å². The summed E-state index contributed by atoms with van der Waals surface area (Å²) in [5.74, 6) is 0.858. The molecule has 0 aliphatic carbocycles. The van der Waals surface area contributed by atoms with E-state index in [0.717, 1.165) is 21.7 Å². The number of aromatic nitrogens is 4. The van der Waals surface area contributed by atoms with Gasteiger partial charge in [0.2, 0.25) is 0 Å². The van der Waals surface area contributed by atoms with E-state index in [9.17, 15) is 5.11 Å². The Labute approximate surface area is 108 Å². The van der Waals surface area contributed by atoms with Crippen LogP contribution < -0.4 is 0 Å². The topological polar surface area (TPSA) is 63.8 Å². The molecule has 0 bridgehead atoms. The summed E-state index contributed by atoms with van der Waals surface area (Å²) in [6, 6.07) is 7.94. The van der Waals surface area contributed by atoms with Crippen LogP contribution >= 0.6 is 11.5 Å². The molecule has 0 fully saturated rings. The molecule has 18 heavy (non-hydrogen) atoms. The van der Waals surface area contributed by atoms with Gasteiger partial charge in [0.15, 0.2) is 0 Å². The van der Waals surface area contributed by atoms with Crippen LogP contribution in [-0.4, -0.2) is 24.2 Å². The van der Waals surface area contributed by atoms with E-state index in [0.29, 0.717) is 6.42 Å². The molecule has 6 heteroatoms. The third kappa shape index (κ3) is 1.89. The van der Waals surface area contributed by atoms with Crippen LogP contribution in [0.15, 0.2) is 30.5 Å². The van der Waals surface area contributed by atoms with Crippen LogP contribution in [0.4, 0.5) is 0 Å². The molecule has 0 amide bonds. The van der Waals surface area contributed by atoms with Gasteiger partial charge in [-0.3, -0.25) is 0 Å². The van der Waals surface area contributed by atoms with Gasteiger partial charge in [0.1, 0.15) is 5.82 Å². The van der Waals surface area contributed by atoms with Crippen LogP contribution in [0, 0.1) is 0 Å². The van der Waals surface area contributed by atoms with E-state index >= 15 is 0 Å². The molecule has 1 N–H and O–H groups in total. The van der Waals surface area contributed by atoms with E-state index in [1.54, 1.807) is 6.20 Å². The maximum absolute atomic E-state index is 10.1. The molecule has 0 spiro atoms. The summed E-state index contributed by atoms with van der Waals surface area (Å²) in [7, 11) is 1.96. The molecular formula is C12H12N4OS. The predicted octanol–water partition coefficient (Wildman–Crippen LogP) is 1.70. The second-order valence-corrected chi connectivity index (χ2v) is 4.93. The number of aryl methyl sites for hydroxylation is 1. The highest BCUT2D eigenvalue weighted by Gasteiger charge is 2.15. The molecule has 3 rings (SSSR count). The monoisotopic (exact) mass is 260 g/mol. The molecular weight excluding hydrogens is 248 g/mol. The quantitative estimate of drug-likeness (QED) is 0.778. The van der Waals surface area contributed by atoms with Gasteiger partial charge >= 0.3 is 0 Å². The van der Waals surface area contributed by atoms with Crippen molar-refractivity contribution >= 4 is 22.6 Å². The van der Waals surface area contributed by atoms with Gasteiger partial charge in [-0.1, -0.05) is 16.6 Å². The van der Waals surface area contributed by atoms with Crippen molar-refractivity contribution in [3.63, 3.8) is 0 Å². The van der Waals surface area contributed by atoms with E-state index in [4.69, 9.17) is 0 Å². The van der Waals surface area contributed by atoms with Crippen molar-refractivity contribution in [1.82, 2.24) is 19.1 Å². The Bertz CT molecular complexity index is 662. The zero-order valence-electron chi connectivity index (χ0n) is 9.82. The summed E-state index contributed by atoms with van der Waals surface area (Å²) in [5, 5.41) is 13.8. The largest absolute Gasteiger partial charge is 0.387 e. The number of hydrogen-bond donors (Lipinski definition) is 1. The predicted molar refractivity (Wildman–Crippen MR) is 69.3 cm³/mol. The van der Waals surface area contributed by atoms with Crippen molar-refractivity contribution < 1.29 is 5.11 Å². The van der Waals surface area contributed by atoms with E-state index in [1.165, 1.54) is 11.5 Å². The Balaban J connectivity index is 1.93. The lowest BCUT2D eigenvalue weighted by Gasteiger charge is -2.07. The van der Waals surface area contributed by atoms with Gasteiger partial charge < -0.3 is 9.67 Å². The first kappa shape index (κ1) is 11.3. The summed E-state index contributed by atoms with van der Waals surface area (Å²) in [6.07, 6.45) is 1.47. The lowest BCUT2D eigenvalue weighted by atomic mass is 10.2. The summed E-state index contributed by atoms with van der Waals surface area (Å²) >= 11 is 1.21. The van der Waals surface area contributed by atoms with Gasteiger partial charge in [0, 0.05) is 13.5 Å². The molecule has 0 saturated carbocycles. The molecule has 0 aliphatic rings. The average Bonchev–Trinajstić information content (AvgIpc) is 3.00. The van der Waals surface area contributed by atoms with Gasteiger partial charge in [-0.25, -0.2) is 4.98 Å². The van der Waals surface area contributed by atoms with E-state index < -0.39 is 6.10 Å². The van der Waals surface area contributed by atoms with Crippen molar-refractivity contribution in [1.29, 1.82) is 0 Å². The number of para-hydroxylation sites is 2. The van der Waals surface area contributed by atoms with Crippen LogP contribution in [0.2, 0.25) is 0 Å². The van der Waals surface area contributed by atoms with E-state index in [2.05, 4.69) is 14.6 Å². The lowest BCUT2D eigenvalue weighted by Crippen LogP contribution is -2.05. The first-order valence-electron chi connectivity index (χ1n) is 5.61. The van der Waals surface area contributed by atoms with Crippen molar-refractivity contribution in [2.75, 3.05) is 0 Å². The zero-order valence-corrected chi connectivity index (χ0v) is 10.6. The fourth-order valence-electron chi connectivity index (χ4n) is 1.97. The van der Waals surface area contributed by atoms with Crippen LogP contribution in [0.3, 0.4) is 0 Å². The fourth-order valence-corrected chi connectivity index (χ4v) is 2.46.